The molecule has 3 aromatic rings. The number of carbonyl (C=O) groups excluding carboxylic acids is 2. The standard InChI is InChI=1S/C30H33Cl2N3O6S/c1-4-26(30(37)33-20(2)3)34(18-21-10-12-24(31)25(32)16-21)29(36)19-35(42(38,39)23-8-6-5-7-9-23)22-11-13-27-28(17-22)41-15-14-40-27/h5-13,16-17,20,26H,4,14-15,18-19H2,1-3H3,(H,33,37)/t26-/m0/s1. The Labute approximate surface area is 256 Å². The van der Waals surface area contributed by atoms with Crippen LogP contribution in [0.1, 0.15) is 32.8 Å². The van der Waals surface area contributed by atoms with Gasteiger partial charge in [-0.3, -0.25) is 13.9 Å². The number of hydrogen-bond donors (Lipinski definition) is 1. The molecule has 3 aromatic carbocycles. The molecule has 0 saturated carbocycles. The Bertz CT molecular complexity index is 1540. The number of halogens is 2. The molecule has 12 heteroatoms. The van der Waals surface area contributed by atoms with E-state index in [1.54, 1.807) is 55.5 Å². The summed E-state index contributed by atoms with van der Waals surface area (Å²) in [5.74, 6) is -0.0835. The maximum absolute atomic E-state index is 14.2. The second kappa shape index (κ2) is 13.7. The number of anilines is 1. The van der Waals surface area contributed by atoms with Gasteiger partial charge < -0.3 is 19.7 Å². The van der Waals surface area contributed by atoms with Crippen LogP contribution in [0.2, 0.25) is 10.0 Å². The predicted molar refractivity (Wildman–Crippen MR) is 163 cm³/mol. The molecule has 0 saturated heterocycles. The lowest BCUT2D eigenvalue weighted by Crippen LogP contribution is -2.53. The largest absolute Gasteiger partial charge is 0.486 e. The Kier molecular flexibility index (Phi) is 10.2. The van der Waals surface area contributed by atoms with Gasteiger partial charge in [0.05, 0.1) is 20.6 Å². The van der Waals surface area contributed by atoms with Crippen molar-refractivity contribution in [2.45, 2.75) is 50.7 Å². The van der Waals surface area contributed by atoms with E-state index in [4.69, 9.17) is 32.7 Å². The maximum atomic E-state index is 14.2. The van der Waals surface area contributed by atoms with Crippen molar-refractivity contribution in [3.05, 3.63) is 82.3 Å². The lowest BCUT2D eigenvalue weighted by molar-refractivity contribution is -0.140. The fraction of sp³-hybridized carbons (Fsp3) is 0.333. The molecule has 4 rings (SSSR count). The van der Waals surface area contributed by atoms with E-state index in [2.05, 4.69) is 5.32 Å². The van der Waals surface area contributed by atoms with E-state index < -0.39 is 28.5 Å². The normalized spacial score (nSPS) is 13.4. The first-order valence-electron chi connectivity index (χ1n) is 13.5. The molecule has 1 aliphatic rings. The van der Waals surface area contributed by atoms with E-state index >= 15 is 0 Å². The van der Waals surface area contributed by atoms with E-state index in [0.29, 0.717) is 46.7 Å². The zero-order valence-electron chi connectivity index (χ0n) is 23.5. The number of sulfonamides is 1. The second-order valence-corrected chi connectivity index (χ2v) is 12.7. The van der Waals surface area contributed by atoms with Crippen LogP contribution < -0.4 is 19.1 Å². The van der Waals surface area contributed by atoms with Gasteiger partial charge in [-0.2, -0.15) is 0 Å². The molecular formula is C30H33Cl2N3O6S. The molecule has 0 aliphatic carbocycles. The molecule has 1 atom stereocenters. The molecule has 9 nitrogen and oxygen atoms in total. The lowest BCUT2D eigenvalue weighted by atomic mass is 10.1. The van der Waals surface area contributed by atoms with Gasteiger partial charge in [0.2, 0.25) is 11.8 Å². The van der Waals surface area contributed by atoms with Crippen LogP contribution in [0.3, 0.4) is 0 Å². The topological polar surface area (TPSA) is 105 Å². The third-order valence-corrected chi connectivity index (χ3v) is 9.10. The summed E-state index contributed by atoms with van der Waals surface area (Å²) >= 11 is 12.4. The number of carbonyl (C=O) groups is 2. The Morgan fingerprint density at radius 2 is 1.62 bits per heavy atom. The predicted octanol–water partition coefficient (Wildman–Crippen LogP) is 5.29. The molecule has 0 fully saturated rings. The molecule has 2 amide bonds. The van der Waals surface area contributed by atoms with E-state index in [-0.39, 0.29) is 29.1 Å². The summed E-state index contributed by atoms with van der Waals surface area (Å²) in [6, 6.07) is 16.4. The van der Waals surface area contributed by atoms with Crippen LogP contribution >= 0.6 is 23.2 Å². The summed E-state index contributed by atoms with van der Waals surface area (Å²) in [7, 11) is -4.22. The number of fused-ring (bicyclic) bond motifs is 1. The minimum absolute atomic E-state index is 0.000107. The zero-order valence-corrected chi connectivity index (χ0v) is 25.9. The van der Waals surface area contributed by atoms with E-state index in [9.17, 15) is 18.0 Å². The molecule has 0 bridgehead atoms. The lowest BCUT2D eigenvalue weighted by Gasteiger charge is -2.33. The smallest absolute Gasteiger partial charge is 0.264 e. The fourth-order valence-electron chi connectivity index (χ4n) is 4.57. The number of rotatable bonds is 11. The van der Waals surface area contributed by atoms with Crippen molar-refractivity contribution in [3.8, 4) is 11.5 Å². The monoisotopic (exact) mass is 633 g/mol. The average molecular weight is 635 g/mol. The first-order chi connectivity index (χ1) is 20.0. The van der Waals surface area contributed by atoms with Crippen molar-refractivity contribution in [2.75, 3.05) is 24.1 Å². The first-order valence-corrected chi connectivity index (χ1v) is 15.7. The first kappa shape index (κ1) is 31.5. The number of amides is 2. The van der Waals surface area contributed by atoms with Crippen molar-refractivity contribution in [1.29, 1.82) is 0 Å². The van der Waals surface area contributed by atoms with Crippen LogP contribution in [0.15, 0.2) is 71.6 Å². The molecule has 0 radical (unpaired) electrons. The van der Waals surface area contributed by atoms with Gasteiger partial charge in [0, 0.05) is 18.7 Å². The molecule has 0 spiro atoms. The Hall–Kier alpha value is -3.47. The molecule has 1 heterocycles. The molecular weight excluding hydrogens is 601 g/mol. The van der Waals surface area contributed by atoms with Gasteiger partial charge in [0.1, 0.15) is 25.8 Å². The van der Waals surface area contributed by atoms with Gasteiger partial charge in [-0.25, -0.2) is 8.42 Å². The zero-order chi connectivity index (χ0) is 30.4. The highest BCUT2D eigenvalue weighted by molar-refractivity contribution is 7.92. The summed E-state index contributed by atoms with van der Waals surface area (Å²) in [6.45, 7) is 5.54. The van der Waals surface area contributed by atoms with Gasteiger partial charge in [-0.05, 0) is 62.2 Å². The van der Waals surface area contributed by atoms with Crippen molar-refractivity contribution in [2.24, 2.45) is 0 Å². The van der Waals surface area contributed by atoms with Crippen LogP contribution in [0, 0.1) is 0 Å². The van der Waals surface area contributed by atoms with Crippen LogP contribution in [0.4, 0.5) is 5.69 Å². The highest BCUT2D eigenvalue weighted by atomic mass is 35.5. The Morgan fingerprint density at radius 3 is 2.26 bits per heavy atom. The summed E-state index contributed by atoms with van der Waals surface area (Å²) in [4.78, 5) is 28.8. The van der Waals surface area contributed by atoms with Crippen molar-refractivity contribution in [3.63, 3.8) is 0 Å². The highest BCUT2D eigenvalue weighted by Crippen LogP contribution is 2.36. The summed E-state index contributed by atoms with van der Waals surface area (Å²) < 4.78 is 40.3. The van der Waals surface area contributed by atoms with E-state index in [1.165, 1.54) is 23.1 Å². The quantitative estimate of drug-likeness (QED) is 0.308. The SMILES string of the molecule is CC[C@@H](C(=O)NC(C)C)N(Cc1ccc(Cl)c(Cl)c1)C(=O)CN(c1ccc2c(c1)OCCO2)S(=O)(=O)c1ccccc1. The number of ether oxygens (including phenoxy) is 2. The summed E-state index contributed by atoms with van der Waals surface area (Å²) in [5, 5.41) is 3.51. The van der Waals surface area contributed by atoms with Gasteiger partial charge in [0.15, 0.2) is 11.5 Å². The number of benzene rings is 3. The number of nitrogens with one attached hydrogen (secondary N) is 1. The summed E-state index contributed by atoms with van der Waals surface area (Å²) in [5.41, 5.74) is 0.843. The Morgan fingerprint density at radius 1 is 0.929 bits per heavy atom. The Balaban J connectivity index is 1.76. The molecule has 224 valence electrons. The minimum Gasteiger partial charge on any atom is -0.486 e. The average Bonchev–Trinajstić information content (AvgIpc) is 2.97. The van der Waals surface area contributed by atoms with Gasteiger partial charge in [-0.1, -0.05) is 54.4 Å². The van der Waals surface area contributed by atoms with Gasteiger partial charge >= 0.3 is 0 Å². The van der Waals surface area contributed by atoms with E-state index in [0.717, 1.165) is 4.31 Å². The second-order valence-electron chi connectivity index (χ2n) is 10.0. The van der Waals surface area contributed by atoms with E-state index in [1.807, 2.05) is 13.8 Å². The maximum Gasteiger partial charge on any atom is 0.264 e. The van der Waals surface area contributed by atoms with Crippen LogP contribution in [0.5, 0.6) is 11.5 Å². The van der Waals surface area contributed by atoms with Crippen LogP contribution in [-0.2, 0) is 26.2 Å². The molecule has 42 heavy (non-hydrogen) atoms. The van der Waals surface area contributed by atoms with Crippen molar-refractivity contribution >= 4 is 50.7 Å². The highest BCUT2D eigenvalue weighted by Gasteiger charge is 2.34. The number of hydrogen-bond acceptors (Lipinski definition) is 6. The molecule has 1 aliphatic heterocycles. The van der Waals surface area contributed by atoms with Gasteiger partial charge in [-0.15, -0.1) is 0 Å². The molecule has 1 N–H and O–H groups in total. The molecule has 0 unspecified atom stereocenters. The van der Waals surface area contributed by atoms with Crippen molar-refractivity contribution < 1.29 is 27.5 Å². The minimum atomic E-state index is -4.22. The fourth-order valence-corrected chi connectivity index (χ4v) is 6.32. The summed E-state index contributed by atoms with van der Waals surface area (Å²) in [6.07, 6.45) is 0.293. The third kappa shape index (κ3) is 7.29. The third-order valence-electron chi connectivity index (χ3n) is 6.58. The van der Waals surface area contributed by atoms with Crippen molar-refractivity contribution in [1.82, 2.24) is 10.2 Å². The van der Waals surface area contributed by atoms with Crippen LogP contribution in [0.25, 0.3) is 0 Å². The van der Waals surface area contributed by atoms with Gasteiger partial charge in [0.25, 0.3) is 10.0 Å². The number of nitrogens with zero attached hydrogens (tertiary/aromatic N) is 2. The molecule has 0 aromatic heterocycles. The van der Waals surface area contributed by atoms with Crippen LogP contribution in [-0.4, -0.2) is 57.0 Å².